The van der Waals surface area contributed by atoms with Crippen LogP contribution in [0, 0.1) is 16.7 Å². The second-order valence-corrected chi connectivity index (χ2v) is 9.52. The van der Waals surface area contributed by atoms with Crippen molar-refractivity contribution in [2.24, 2.45) is 5.41 Å². The lowest BCUT2D eigenvalue weighted by Crippen LogP contribution is -2.43. The zero-order chi connectivity index (χ0) is 23.3. The molecule has 1 unspecified atom stereocenters. The summed E-state index contributed by atoms with van der Waals surface area (Å²) in [4.78, 5) is 17.9. The van der Waals surface area contributed by atoms with E-state index in [1.807, 2.05) is 0 Å². The van der Waals surface area contributed by atoms with Crippen LogP contribution in [0.3, 0.4) is 0 Å². The summed E-state index contributed by atoms with van der Waals surface area (Å²) in [5, 5.41) is 20.0. The number of aromatic nitrogens is 4. The monoisotopic (exact) mass is 470 g/mol. The fourth-order valence-corrected chi connectivity index (χ4v) is 4.37. The molecule has 2 aromatic heterocycles. The second-order valence-electron chi connectivity index (χ2n) is 9.12. The second kappa shape index (κ2) is 10.6. The number of nitrogens with one attached hydrogen (secondary N) is 3. The summed E-state index contributed by atoms with van der Waals surface area (Å²) in [5.74, 6) is 1.61. The molecule has 9 nitrogen and oxygen atoms in total. The Hall–Kier alpha value is -2.54. The lowest BCUT2D eigenvalue weighted by Gasteiger charge is -2.31. The van der Waals surface area contributed by atoms with Gasteiger partial charge in [-0.05, 0) is 51.5 Å². The third-order valence-electron chi connectivity index (χ3n) is 6.31. The maximum Gasteiger partial charge on any atom is 0.223 e. The molecule has 0 aromatic carbocycles. The first kappa shape index (κ1) is 23.6. The summed E-state index contributed by atoms with van der Waals surface area (Å²) in [6, 6.07) is 5.33. The van der Waals surface area contributed by atoms with Crippen LogP contribution in [0.2, 0.25) is 5.02 Å². The van der Waals surface area contributed by atoms with Gasteiger partial charge in [-0.15, -0.1) is 0 Å². The molecule has 1 atom stereocenters. The van der Waals surface area contributed by atoms with Crippen LogP contribution >= 0.6 is 11.6 Å². The van der Waals surface area contributed by atoms with Gasteiger partial charge in [-0.3, -0.25) is 0 Å². The molecule has 2 aliphatic rings. The highest BCUT2D eigenvalue weighted by Gasteiger charge is 2.42. The van der Waals surface area contributed by atoms with E-state index in [1.165, 1.54) is 0 Å². The topological polar surface area (TPSA) is 121 Å². The summed E-state index contributed by atoms with van der Waals surface area (Å²) in [5.41, 5.74) is 0.230. The molecule has 0 amide bonds. The van der Waals surface area contributed by atoms with Crippen molar-refractivity contribution in [2.45, 2.75) is 63.6 Å². The van der Waals surface area contributed by atoms with Gasteiger partial charge in [0.2, 0.25) is 5.95 Å². The van der Waals surface area contributed by atoms with Crippen LogP contribution in [0.1, 0.15) is 45.4 Å². The van der Waals surface area contributed by atoms with Crippen molar-refractivity contribution in [2.75, 3.05) is 30.9 Å². The molecule has 0 radical (unpaired) electrons. The molecule has 3 N–H and O–H groups in total. The number of nitrogens with zero attached hydrogens (tertiary/aromatic N) is 5. The van der Waals surface area contributed by atoms with E-state index in [1.54, 1.807) is 25.6 Å². The number of nitriles is 1. The quantitative estimate of drug-likeness (QED) is 0.477. The zero-order valence-electron chi connectivity index (χ0n) is 19.1. The molecule has 0 saturated heterocycles. The van der Waals surface area contributed by atoms with Crippen molar-refractivity contribution < 1.29 is 4.74 Å². The number of halogens is 1. The predicted molar refractivity (Wildman–Crippen MR) is 128 cm³/mol. The molecule has 2 aliphatic carbocycles. The standard InChI is InChI=1S/C23H31ClN8O/c1-15(12-33-2)29-16-3-5-17(6-4-16)30-22-27-11-18(24)20(32-22)21-26-10-7-19(31-21)28-14-23(13-25)8-9-23/h7,10-11,15-17,29H,3-6,8-9,12,14H2,1-2H3,(H,26,28,31)(H,27,30,32). The predicted octanol–water partition coefficient (Wildman–Crippen LogP) is 3.65. The van der Waals surface area contributed by atoms with Gasteiger partial charge in [-0.25, -0.2) is 19.9 Å². The Kier molecular flexibility index (Phi) is 7.58. The minimum atomic E-state index is -0.259. The van der Waals surface area contributed by atoms with Gasteiger partial charge < -0.3 is 20.7 Å². The number of hydrogen-bond donors (Lipinski definition) is 3. The Balaban J connectivity index is 1.37. The molecule has 0 spiro atoms. The van der Waals surface area contributed by atoms with Crippen LogP contribution in [-0.2, 0) is 4.74 Å². The summed E-state index contributed by atoms with van der Waals surface area (Å²) in [6.07, 6.45) is 9.35. The largest absolute Gasteiger partial charge is 0.383 e. The van der Waals surface area contributed by atoms with E-state index in [4.69, 9.17) is 16.3 Å². The Labute approximate surface area is 199 Å². The third kappa shape index (κ3) is 6.28. The zero-order valence-corrected chi connectivity index (χ0v) is 19.9. The highest BCUT2D eigenvalue weighted by Crippen LogP contribution is 2.44. The van der Waals surface area contributed by atoms with E-state index in [0.29, 0.717) is 53.0 Å². The molecule has 4 rings (SSSR count). The van der Waals surface area contributed by atoms with Crippen molar-refractivity contribution in [3.05, 3.63) is 23.5 Å². The minimum Gasteiger partial charge on any atom is -0.383 e. The van der Waals surface area contributed by atoms with Crippen molar-refractivity contribution >= 4 is 23.4 Å². The SMILES string of the molecule is COCC(C)NC1CCC(Nc2ncc(Cl)c(-c3nccc(NCC4(C#N)CC4)n3)n2)CC1. The minimum absolute atomic E-state index is 0.259. The van der Waals surface area contributed by atoms with Crippen LogP contribution in [0.15, 0.2) is 18.5 Å². The fraction of sp³-hybridized carbons (Fsp3) is 0.609. The number of ether oxygens (including phenoxy) is 1. The maximum atomic E-state index is 9.27. The van der Waals surface area contributed by atoms with Gasteiger partial charge >= 0.3 is 0 Å². The summed E-state index contributed by atoms with van der Waals surface area (Å²) in [6.45, 7) is 3.45. The van der Waals surface area contributed by atoms with Gasteiger partial charge in [0.25, 0.3) is 0 Å². The van der Waals surface area contributed by atoms with Crippen LogP contribution in [0.5, 0.6) is 0 Å². The lowest BCUT2D eigenvalue weighted by atomic mass is 9.91. The van der Waals surface area contributed by atoms with Crippen LogP contribution in [-0.4, -0.2) is 58.3 Å². The molecule has 10 heteroatoms. The Morgan fingerprint density at radius 1 is 1.21 bits per heavy atom. The smallest absolute Gasteiger partial charge is 0.223 e. The van der Waals surface area contributed by atoms with E-state index < -0.39 is 0 Å². The molecule has 2 fully saturated rings. The maximum absolute atomic E-state index is 9.27. The van der Waals surface area contributed by atoms with Crippen molar-refractivity contribution in [1.82, 2.24) is 25.3 Å². The van der Waals surface area contributed by atoms with Gasteiger partial charge in [0.05, 0.1) is 29.3 Å². The first-order valence-electron chi connectivity index (χ1n) is 11.5. The van der Waals surface area contributed by atoms with Gasteiger partial charge in [-0.1, -0.05) is 11.6 Å². The average Bonchev–Trinajstić information content (AvgIpc) is 3.61. The lowest BCUT2D eigenvalue weighted by molar-refractivity contribution is 0.161. The fourth-order valence-electron chi connectivity index (χ4n) is 4.19. The molecule has 0 aliphatic heterocycles. The first-order chi connectivity index (χ1) is 16.0. The molecule has 2 aromatic rings. The Morgan fingerprint density at radius 2 is 1.97 bits per heavy atom. The molecule has 2 saturated carbocycles. The highest BCUT2D eigenvalue weighted by atomic mass is 35.5. The molecule has 0 bridgehead atoms. The summed E-state index contributed by atoms with van der Waals surface area (Å²) in [7, 11) is 1.73. The van der Waals surface area contributed by atoms with Crippen LogP contribution < -0.4 is 16.0 Å². The van der Waals surface area contributed by atoms with Crippen molar-refractivity contribution in [3.63, 3.8) is 0 Å². The van der Waals surface area contributed by atoms with Gasteiger partial charge in [0.15, 0.2) is 5.82 Å². The molecular weight excluding hydrogens is 440 g/mol. The summed E-state index contributed by atoms with van der Waals surface area (Å²) >= 11 is 6.39. The Morgan fingerprint density at radius 3 is 2.67 bits per heavy atom. The Bertz CT molecular complexity index is 985. The highest BCUT2D eigenvalue weighted by molar-refractivity contribution is 6.32. The van der Waals surface area contributed by atoms with Gasteiger partial charge in [0, 0.05) is 38.0 Å². The normalized spacial score (nSPS) is 22.2. The van der Waals surface area contributed by atoms with E-state index in [2.05, 4.69) is 48.9 Å². The number of hydrogen-bond acceptors (Lipinski definition) is 9. The number of rotatable bonds is 10. The molecular formula is C23H31ClN8O. The third-order valence-corrected chi connectivity index (χ3v) is 6.58. The molecule has 2 heterocycles. The van der Waals surface area contributed by atoms with Gasteiger partial charge in [-0.2, -0.15) is 5.26 Å². The first-order valence-corrected chi connectivity index (χ1v) is 11.9. The van der Waals surface area contributed by atoms with Crippen LogP contribution in [0.25, 0.3) is 11.5 Å². The van der Waals surface area contributed by atoms with Crippen molar-refractivity contribution in [3.8, 4) is 17.6 Å². The summed E-state index contributed by atoms with van der Waals surface area (Å²) < 4.78 is 5.22. The van der Waals surface area contributed by atoms with E-state index in [9.17, 15) is 5.26 Å². The number of methoxy groups -OCH3 is 1. The van der Waals surface area contributed by atoms with Crippen LogP contribution in [0.4, 0.5) is 11.8 Å². The van der Waals surface area contributed by atoms with E-state index in [0.717, 1.165) is 45.1 Å². The number of anilines is 2. The van der Waals surface area contributed by atoms with E-state index in [-0.39, 0.29) is 5.41 Å². The molecule has 33 heavy (non-hydrogen) atoms. The molecule has 176 valence electrons. The van der Waals surface area contributed by atoms with Crippen molar-refractivity contribution in [1.29, 1.82) is 5.26 Å². The average molecular weight is 471 g/mol. The van der Waals surface area contributed by atoms with E-state index >= 15 is 0 Å². The van der Waals surface area contributed by atoms with Gasteiger partial charge in [0.1, 0.15) is 11.5 Å².